The van der Waals surface area contributed by atoms with Gasteiger partial charge in [0.25, 0.3) is 0 Å². The number of rotatable bonds is 12. The highest BCUT2D eigenvalue weighted by Gasteiger charge is 2.22. The molecule has 0 fully saturated rings. The second-order valence-corrected chi connectivity index (χ2v) is 10.4. The summed E-state index contributed by atoms with van der Waals surface area (Å²) in [5.41, 5.74) is 3.49. The van der Waals surface area contributed by atoms with Crippen molar-refractivity contribution >= 4 is 47.0 Å². The van der Waals surface area contributed by atoms with E-state index in [4.69, 9.17) is 4.74 Å². The lowest BCUT2D eigenvalue weighted by Crippen LogP contribution is -2.19. The van der Waals surface area contributed by atoms with Gasteiger partial charge in [-0.1, -0.05) is 74.0 Å². The Kier molecular flexibility index (Phi) is 10.9. The molecule has 0 heterocycles. The van der Waals surface area contributed by atoms with E-state index in [-0.39, 0.29) is 17.8 Å². The standard InChI is InChI=1S/C34H32N2O4S/c1-2-3-24-40-34(39)27-15-17-29(18-16-27)36-33(38)32(26-12-8-5-9-13-26)41-30-21-19-28(20-22-30)35-31(37)23-14-25-10-6-4-7-11-25/h4-23,32H,2-3,24H2,1H3,(H,35,37)(H,36,38)/b23-14+. The van der Waals surface area contributed by atoms with Crippen LogP contribution >= 0.6 is 11.8 Å². The van der Waals surface area contributed by atoms with E-state index >= 15 is 0 Å². The molecule has 4 aromatic rings. The van der Waals surface area contributed by atoms with Crippen LogP contribution in [-0.4, -0.2) is 24.4 Å². The van der Waals surface area contributed by atoms with Crippen molar-refractivity contribution in [1.82, 2.24) is 0 Å². The maximum atomic E-state index is 13.4. The summed E-state index contributed by atoms with van der Waals surface area (Å²) in [7, 11) is 0. The summed E-state index contributed by atoms with van der Waals surface area (Å²) in [5, 5.41) is 5.30. The van der Waals surface area contributed by atoms with E-state index in [9.17, 15) is 14.4 Å². The van der Waals surface area contributed by atoms with E-state index in [2.05, 4.69) is 10.6 Å². The average Bonchev–Trinajstić information content (AvgIpc) is 3.01. The van der Waals surface area contributed by atoms with Crippen molar-refractivity contribution < 1.29 is 19.1 Å². The van der Waals surface area contributed by atoms with Crippen LogP contribution in [0, 0.1) is 0 Å². The Bertz CT molecular complexity index is 1450. The van der Waals surface area contributed by atoms with Gasteiger partial charge in [0.1, 0.15) is 5.25 Å². The summed E-state index contributed by atoms with van der Waals surface area (Å²) in [6.07, 6.45) is 5.03. The van der Waals surface area contributed by atoms with E-state index in [1.807, 2.05) is 91.9 Å². The number of hydrogen-bond acceptors (Lipinski definition) is 5. The normalized spacial score (nSPS) is 11.5. The molecule has 6 nitrogen and oxygen atoms in total. The first kappa shape index (κ1) is 29.4. The number of amides is 2. The van der Waals surface area contributed by atoms with Crippen molar-refractivity contribution in [3.8, 4) is 0 Å². The van der Waals surface area contributed by atoms with Crippen molar-refractivity contribution in [2.75, 3.05) is 17.2 Å². The molecule has 2 N–H and O–H groups in total. The van der Waals surface area contributed by atoms with Crippen molar-refractivity contribution in [1.29, 1.82) is 0 Å². The van der Waals surface area contributed by atoms with Gasteiger partial charge >= 0.3 is 5.97 Å². The number of esters is 1. The first-order valence-electron chi connectivity index (χ1n) is 13.5. The molecule has 7 heteroatoms. The van der Waals surface area contributed by atoms with Gasteiger partial charge in [0.05, 0.1) is 12.2 Å². The minimum Gasteiger partial charge on any atom is -0.462 e. The summed E-state index contributed by atoms with van der Waals surface area (Å²) in [4.78, 5) is 38.8. The van der Waals surface area contributed by atoms with Crippen LogP contribution in [0.15, 0.2) is 120 Å². The number of benzene rings is 4. The second-order valence-electron chi connectivity index (χ2n) is 9.22. The molecule has 0 radical (unpaired) electrons. The molecule has 208 valence electrons. The first-order chi connectivity index (χ1) is 20.0. The van der Waals surface area contributed by atoms with Gasteiger partial charge in [-0.25, -0.2) is 4.79 Å². The van der Waals surface area contributed by atoms with E-state index in [0.29, 0.717) is 23.5 Å². The maximum Gasteiger partial charge on any atom is 0.338 e. The minimum atomic E-state index is -0.524. The molecule has 4 rings (SSSR count). The summed E-state index contributed by atoms with van der Waals surface area (Å²) in [6.45, 7) is 2.43. The number of ether oxygens (including phenoxy) is 1. The number of carbonyl (C=O) groups is 3. The monoisotopic (exact) mass is 564 g/mol. The number of hydrogen-bond donors (Lipinski definition) is 2. The molecule has 0 aliphatic carbocycles. The Morgan fingerprint density at radius 2 is 1.39 bits per heavy atom. The van der Waals surface area contributed by atoms with Gasteiger partial charge in [-0.15, -0.1) is 11.8 Å². The van der Waals surface area contributed by atoms with Gasteiger partial charge in [0.2, 0.25) is 11.8 Å². The number of unbranched alkanes of at least 4 members (excludes halogenated alkanes) is 1. The molecule has 41 heavy (non-hydrogen) atoms. The quantitative estimate of drug-likeness (QED) is 0.0795. The molecular formula is C34H32N2O4S. The Balaban J connectivity index is 1.40. The Labute approximate surface area is 244 Å². The highest BCUT2D eigenvalue weighted by Crippen LogP contribution is 2.36. The molecule has 0 aliphatic heterocycles. The molecule has 0 bridgehead atoms. The third-order valence-corrected chi connectivity index (χ3v) is 7.33. The lowest BCUT2D eigenvalue weighted by atomic mass is 10.1. The van der Waals surface area contributed by atoms with Crippen LogP contribution < -0.4 is 10.6 Å². The van der Waals surface area contributed by atoms with Crippen LogP contribution in [0.25, 0.3) is 6.08 Å². The fourth-order valence-electron chi connectivity index (χ4n) is 3.86. The number of anilines is 2. The third-order valence-electron chi connectivity index (χ3n) is 6.06. The summed E-state index contributed by atoms with van der Waals surface area (Å²) in [5.74, 6) is -0.792. The fourth-order valence-corrected chi connectivity index (χ4v) is 4.89. The molecule has 1 atom stereocenters. The fraction of sp³-hybridized carbons (Fsp3) is 0.147. The van der Waals surface area contributed by atoms with Gasteiger partial charge in [-0.05, 0) is 72.2 Å². The van der Waals surface area contributed by atoms with Gasteiger partial charge < -0.3 is 15.4 Å². The minimum absolute atomic E-state index is 0.192. The zero-order valence-electron chi connectivity index (χ0n) is 22.8. The molecule has 4 aromatic carbocycles. The summed E-state index contributed by atoms with van der Waals surface area (Å²) < 4.78 is 5.26. The molecule has 1 unspecified atom stereocenters. The molecule has 0 saturated carbocycles. The number of carbonyl (C=O) groups excluding carboxylic acids is 3. The Hall–Kier alpha value is -4.62. The van der Waals surface area contributed by atoms with Crippen LogP contribution in [0.4, 0.5) is 11.4 Å². The molecule has 0 aliphatic rings. The van der Waals surface area contributed by atoms with Crippen LogP contribution in [-0.2, 0) is 14.3 Å². The highest BCUT2D eigenvalue weighted by atomic mass is 32.2. The molecule has 0 spiro atoms. The van der Waals surface area contributed by atoms with Crippen LogP contribution in [0.1, 0.15) is 46.5 Å². The maximum absolute atomic E-state index is 13.4. The predicted molar refractivity (Wildman–Crippen MR) is 166 cm³/mol. The van der Waals surface area contributed by atoms with E-state index < -0.39 is 5.25 Å². The van der Waals surface area contributed by atoms with Gasteiger partial charge in [-0.3, -0.25) is 9.59 Å². The van der Waals surface area contributed by atoms with Crippen LogP contribution in [0.2, 0.25) is 0 Å². The first-order valence-corrected chi connectivity index (χ1v) is 14.3. The highest BCUT2D eigenvalue weighted by molar-refractivity contribution is 8.00. The van der Waals surface area contributed by atoms with E-state index in [1.54, 1.807) is 30.3 Å². The van der Waals surface area contributed by atoms with Crippen molar-refractivity contribution in [2.45, 2.75) is 29.9 Å². The average molecular weight is 565 g/mol. The summed E-state index contributed by atoms with van der Waals surface area (Å²) >= 11 is 1.41. The molecule has 0 saturated heterocycles. The summed E-state index contributed by atoms with van der Waals surface area (Å²) in [6, 6.07) is 33.2. The van der Waals surface area contributed by atoms with Gasteiger partial charge in [0.15, 0.2) is 0 Å². The van der Waals surface area contributed by atoms with E-state index in [0.717, 1.165) is 28.9 Å². The smallest absolute Gasteiger partial charge is 0.338 e. The largest absolute Gasteiger partial charge is 0.462 e. The molecular weight excluding hydrogens is 532 g/mol. The number of thioether (sulfide) groups is 1. The van der Waals surface area contributed by atoms with Crippen LogP contribution in [0.5, 0.6) is 0 Å². The Morgan fingerprint density at radius 1 is 0.780 bits per heavy atom. The molecule has 0 aromatic heterocycles. The van der Waals surface area contributed by atoms with Crippen molar-refractivity contribution in [3.05, 3.63) is 132 Å². The number of nitrogens with one attached hydrogen (secondary N) is 2. The van der Waals surface area contributed by atoms with Gasteiger partial charge in [0, 0.05) is 22.3 Å². The van der Waals surface area contributed by atoms with E-state index in [1.165, 1.54) is 17.8 Å². The lowest BCUT2D eigenvalue weighted by molar-refractivity contribution is -0.116. The van der Waals surface area contributed by atoms with Crippen molar-refractivity contribution in [2.24, 2.45) is 0 Å². The third kappa shape index (κ3) is 9.22. The SMILES string of the molecule is CCCCOC(=O)c1ccc(NC(=O)C(Sc2ccc(NC(=O)/C=C/c3ccccc3)cc2)c2ccccc2)cc1. The predicted octanol–water partition coefficient (Wildman–Crippen LogP) is 7.77. The van der Waals surface area contributed by atoms with Gasteiger partial charge in [-0.2, -0.15) is 0 Å². The molecule has 2 amide bonds. The topological polar surface area (TPSA) is 84.5 Å². The van der Waals surface area contributed by atoms with Crippen LogP contribution in [0.3, 0.4) is 0 Å². The zero-order valence-corrected chi connectivity index (χ0v) is 23.6. The van der Waals surface area contributed by atoms with Crippen molar-refractivity contribution in [3.63, 3.8) is 0 Å². The second kappa shape index (κ2) is 15.2. The Morgan fingerprint density at radius 3 is 2.05 bits per heavy atom. The lowest BCUT2D eigenvalue weighted by Gasteiger charge is -2.17. The zero-order chi connectivity index (χ0) is 28.9.